The number of hydrogen-bond acceptors (Lipinski definition) is 14. The Balaban J connectivity index is 0.000000200. The monoisotopic (exact) mass is 1300 g/mol. The lowest BCUT2D eigenvalue weighted by atomic mass is 10.0. The number of rotatable bonds is 19. The summed E-state index contributed by atoms with van der Waals surface area (Å²) in [6.45, 7) is 0. The van der Waals surface area contributed by atoms with Crippen LogP contribution < -0.4 is 26.8 Å². The number of nitrogens with zero attached hydrogens (tertiary/aromatic N) is 9. The number of aromatic nitrogens is 12. The maximum atomic E-state index is 13.3. The molecular formula is C63H50Cl4N16O8. The number of tetrazole rings is 1. The third-order valence-electron chi connectivity index (χ3n) is 13.8. The SMILES string of the molecule is CNC(=O)c1cc(=O)[nH]c2ccc(-c3nc([C@H](Cc4ccccc4)NC(=O)/C=C/c4cc(Cl)ccc4-n4cnnn4)[nH]c3Cl)cc12.COC(=O)Nc1ccc(-c2nc([C@H](Cc3ccccc3)NC(=O)C=Cc3cc(Cl)ccc3-n3cc(C(=O)O)nn3)[nH]c2Cl)cc1. The first-order valence-corrected chi connectivity index (χ1v) is 28.9. The second kappa shape index (κ2) is 28.8. The Morgan fingerprint density at radius 1 is 0.648 bits per heavy atom. The van der Waals surface area contributed by atoms with Gasteiger partial charge in [0.15, 0.2) is 5.69 Å². The number of halogens is 4. The van der Waals surface area contributed by atoms with Crippen LogP contribution in [0.15, 0.2) is 175 Å². The fourth-order valence-electron chi connectivity index (χ4n) is 9.44. The highest BCUT2D eigenvalue weighted by Gasteiger charge is 2.24. The van der Waals surface area contributed by atoms with Crippen molar-refractivity contribution in [2.75, 3.05) is 19.5 Å². The Kier molecular flexibility index (Phi) is 20.0. The highest BCUT2D eigenvalue weighted by molar-refractivity contribution is 6.32. The van der Waals surface area contributed by atoms with E-state index in [1.807, 2.05) is 60.7 Å². The molecule has 11 rings (SSSR count). The van der Waals surface area contributed by atoms with Gasteiger partial charge in [-0.25, -0.2) is 24.2 Å². The number of imidazole rings is 2. The summed E-state index contributed by atoms with van der Waals surface area (Å²) in [6.07, 6.45) is 8.84. The van der Waals surface area contributed by atoms with E-state index in [2.05, 4.69) is 66.8 Å². The molecule has 91 heavy (non-hydrogen) atoms. The number of methoxy groups -OCH3 is 1. The second-order valence-corrected chi connectivity index (χ2v) is 21.5. The summed E-state index contributed by atoms with van der Waals surface area (Å²) in [5, 5.41) is 41.1. The topological polar surface area (TPSA) is 327 Å². The fraction of sp³-hybridized carbons (Fsp3) is 0.0952. The number of ether oxygens (including phenoxy) is 1. The number of pyridine rings is 1. The zero-order valence-electron chi connectivity index (χ0n) is 47.7. The number of H-pyrrole nitrogens is 3. The highest BCUT2D eigenvalue weighted by atomic mass is 35.5. The molecule has 0 radical (unpaired) electrons. The molecule has 0 aliphatic heterocycles. The minimum atomic E-state index is -1.22. The van der Waals surface area contributed by atoms with Gasteiger partial charge in [-0.1, -0.05) is 130 Å². The molecule has 5 aromatic heterocycles. The fourth-order valence-corrected chi connectivity index (χ4v) is 10.3. The molecule has 5 heterocycles. The van der Waals surface area contributed by atoms with Crippen molar-refractivity contribution in [2.24, 2.45) is 0 Å². The molecule has 458 valence electrons. The summed E-state index contributed by atoms with van der Waals surface area (Å²) >= 11 is 25.7. The van der Waals surface area contributed by atoms with Crippen molar-refractivity contribution >= 4 is 105 Å². The van der Waals surface area contributed by atoms with Crippen LogP contribution in [0.25, 0.3) is 56.9 Å². The smallest absolute Gasteiger partial charge is 0.411 e. The lowest BCUT2D eigenvalue weighted by molar-refractivity contribution is -0.118. The number of nitrogens with one attached hydrogen (secondary N) is 7. The molecule has 28 heteroatoms. The van der Waals surface area contributed by atoms with Gasteiger partial charge in [0.2, 0.25) is 17.4 Å². The molecule has 0 bridgehead atoms. The molecular weight excluding hydrogens is 1250 g/mol. The van der Waals surface area contributed by atoms with Crippen LogP contribution in [-0.4, -0.2) is 109 Å². The maximum Gasteiger partial charge on any atom is 0.411 e. The Morgan fingerprint density at radius 2 is 1.20 bits per heavy atom. The number of carbonyl (C=O) groups excluding carboxylic acids is 4. The number of carboxylic acid groups (broad SMARTS) is 1. The molecule has 0 spiro atoms. The van der Waals surface area contributed by atoms with Crippen LogP contribution in [-0.2, 0) is 27.2 Å². The zero-order valence-corrected chi connectivity index (χ0v) is 50.8. The van der Waals surface area contributed by atoms with Gasteiger partial charge in [0.25, 0.3) is 5.91 Å². The number of benzene rings is 6. The van der Waals surface area contributed by atoms with Gasteiger partial charge < -0.3 is 40.7 Å². The molecule has 4 amide bonds. The van der Waals surface area contributed by atoms with Crippen molar-refractivity contribution < 1.29 is 33.8 Å². The Labute approximate surface area is 536 Å². The standard InChI is InChI=1S/C32H25Cl2N9O3.C31H25Cl2N7O5/c1-35-32(46)23-16-28(45)37-24-10-7-20(15-22(23)24)29-30(34)40-31(39-29)25(13-18-5-3-2-4-6-18)38-27(44)12-8-19-14-21(33)9-11-26(19)43-17-36-41-42-43;1-45-31(44)34-22-11-7-19(8-12-22)27-28(33)37-29(36-27)23(15-18-5-3-2-4-6-18)35-26(41)14-9-20-16-21(32)10-13-25(20)40-17-24(30(42)43)38-39-40/h2-12,14-17,25H,13H2,1H3,(H,35,46)(H,37,45)(H,38,44)(H,39,40);2-14,16-17,23H,15H2,1H3,(H,34,44)(H,35,41)(H,36,37)(H,42,43)/b12-8+;/t25-;23-/m00/s1. The number of carboxylic acids is 1. The van der Waals surface area contributed by atoms with Crippen LogP contribution in [0.4, 0.5) is 10.5 Å². The summed E-state index contributed by atoms with van der Waals surface area (Å²) in [6, 6.07) is 41.4. The predicted molar refractivity (Wildman–Crippen MR) is 343 cm³/mol. The summed E-state index contributed by atoms with van der Waals surface area (Å²) in [5.74, 6) is -1.57. The van der Waals surface area contributed by atoms with E-state index in [-0.39, 0.29) is 27.5 Å². The quantitative estimate of drug-likeness (QED) is 0.0349. The van der Waals surface area contributed by atoms with E-state index in [0.717, 1.165) is 11.1 Å². The Hall–Kier alpha value is -11.1. The minimum Gasteiger partial charge on any atom is -0.476 e. The van der Waals surface area contributed by atoms with Gasteiger partial charge in [-0.05, 0) is 107 Å². The molecule has 2 atom stereocenters. The van der Waals surface area contributed by atoms with E-state index in [1.165, 1.54) is 54.3 Å². The van der Waals surface area contributed by atoms with Crippen molar-refractivity contribution in [3.63, 3.8) is 0 Å². The average molecular weight is 1300 g/mol. The van der Waals surface area contributed by atoms with E-state index < -0.39 is 41.5 Å². The van der Waals surface area contributed by atoms with Gasteiger partial charge in [-0.3, -0.25) is 24.5 Å². The first kappa shape index (κ1) is 63.0. The molecule has 6 aromatic carbocycles. The van der Waals surface area contributed by atoms with E-state index in [1.54, 1.807) is 91.0 Å². The van der Waals surface area contributed by atoms with Crippen molar-refractivity contribution in [1.82, 2.24) is 76.1 Å². The van der Waals surface area contributed by atoms with Gasteiger partial charge in [0, 0.05) is 74.2 Å². The molecule has 8 N–H and O–H groups in total. The van der Waals surface area contributed by atoms with E-state index in [0.29, 0.717) is 96.1 Å². The first-order valence-electron chi connectivity index (χ1n) is 27.4. The largest absolute Gasteiger partial charge is 0.476 e. The van der Waals surface area contributed by atoms with E-state index in [9.17, 15) is 33.9 Å². The molecule has 0 aliphatic rings. The number of hydrogen-bond donors (Lipinski definition) is 8. The average Bonchev–Trinajstić information content (AvgIpc) is 2.13. The van der Waals surface area contributed by atoms with Crippen LogP contribution in [0.1, 0.15) is 66.8 Å². The predicted octanol–water partition coefficient (Wildman–Crippen LogP) is 10.6. The normalized spacial score (nSPS) is 11.8. The van der Waals surface area contributed by atoms with Crippen LogP contribution in [0.2, 0.25) is 20.4 Å². The summed E-state index contributed by atoms with van der Waals surface area (Å²) in [5.41, 5.74) is 6.98. The summed E-state index contributed by atoms with van der Waals surface area (Å²) in [7, 11) is 2.77. The molecule has 24 nitrogen and oxygen atoms in total. The van der Waals surface area contributed by atoms with E-state index in [4.69, 9.17) is 56.4 Å². The van der Waals surface area contributed by atoms with Crippen molar-refractivity contribution in [3.8, 4) is 33.9 Å². The summed E-state index contributed by atoms with van der Waals surface area (Å²) in [4.78, 5) is 92.5. The third-order valence-corrected chi connectivity index (χ3v) is 14.8. The molecule has 0 unspecified atom stereocenters. The van der Waals surface area contributed by atoms with Crippen LogP contribution in [0.3, 0.4) is 0 Å². The summed E-state index contributed by atoms with van der Waals surface area (Å²) < 4.78 is 7.39. The van der Waals surface area contributed by atoms with Gasteiger partial charge >= 0.3 is 12.1 Å². The van der Waals surface area contributed by atoms with Crippen molar-refractivity contribution in [2.45, 2.75) is 24.9 Å². The minimum absolute atomic E-state index is 0.221. The van der Waals surface area contributed by atoms with Gasteiger partial charge in [0.05, 0.1) is 42.3 Å². The molecule has 11 aromatic rings. The number of carbonyl (C=O) groups is 5. The molecule has 0 fully saturated rings. The van der Waals surface area contributed by atoms with Crippen LogP contribution in [0, 0.1) is 0 Å². The molecule has 0 saturated carbocycles. The van der Waals surface area contributed by atoms with Crippen LogP contribution in [0.5, 0.6) is 0 Å². The van der Waals surface area contributed by atoms with Gasteiger partial charge in [-0.15, -0.1) is 10.2 Å². The number of anilines is 1. The Bertz CT molecular complexity index is 4590. The maximum absolute atomic E-state index is 13.3. The third kappa shape index (κ3) is 15.8. The molecule has 0 aliphatic carbocycles. The zero-order chi connectivity index (χ0) is 64.1. The number of aromatic amines is 3. The number of fused-ring (bicyclic) bond motifs is 1. The number of aromatic carboxylic acids is 1. The first-order chi connectivity index (χ1) is 44.0. The lowest BCUT2D eigenvalue weighted by Crippen LogP contribution is -2.29. The Morgan fingerprint density at radius 3 is 1.71 bits per heavy atom. The second-order valence-electron chi connectivity index (χ2n) is 19.8. The van der Waals surface area contributed by atoms with Crippen molar-refractivity contribution in [3.05, 3.63) is 246 Å². The van der Waals surface area contributed by atoms with Crippen molar-refractivity contribution in [1.29, 1.82) is 0 Å². The highest BCUT2D eigenvalue weighted by Crippen LogP contribution is 2.33. The molecule has 0 saturated heterocycles. The number of amides is 4. The van der Waals surface area contributed by atoms with Crippen LogP contribution >= 0.6 is 46.4 Å². The van der Waals surface area contributed by atoms with E-state index >= 15 is 0 Å². The van der Waals surface area contributed by atoms with Gasteiger partial charge in [-0.2, -0.15) is 4.68 Å². The van der Waals surface area contributed by atoms with Gasteiger partial charge in [0.1, 0.15) is 39.7 Å². The lowest BCUT2D eigenvalue weighted by Gasteiger charge is -2.16.